The molecular weight excluding hydrogens is 274 g/mol. The van der Waals surface area contributed by atoms with Crippen LogP contribution in [0.25, 0.3) is 10.9 Å². The average molecular weight is 295 g/mol. The highest BCUT2D eigenvalue weighted by Gasteiger charge is 2.26. The molecule has 1 aliphatic heterocycles. The van der Waals surface area contributed by atoms with Crippen molar-refractivity contribution in [3.63, 3.8) is 0 Å². The van der Waals surface area contributed by atoms with Gasteiger partial charge < -0.3 is 10.2 Å². The molecule has 4 nitrogen and oxygen atoms in total. The molecule has 0 radical (unpaired) electrons. The highest BCUT2D eigenvalue weighted by molar-refractivity contribution is 6.07. The van der Waals surface area contributed by atoms with E-state index in [1.54, 1.807) is 0 Å². The fraction of sp³-hybridized carbons (Fsp3) is 0.444. The van der Waals surface area contributed by atoms with Gasteiger partial charge in [0.1, 0.15) is 0 Å². The second-order valence-corrected chi connectivity index (χ2v) is 6.18. The Kier molecular flexibility index (Phi) is 3.54. The monoisotopic (exact) mass is 295 g/mol. The molecule has 2 aliphatic rings. The summed E-state index contributed by atoms with van der Waals surface area (Å²) in [6.07, 6.45) is 4.33. The van der Waals surface area contributed by atoms with Gasteiger partial charge in [-0.25, -0.2) is 0 Å². The highest BCUT2D eigenvalue weighted by atomic mass is 16.2. The summed E-state index contributed by atoms with van der Waals surface area (Å²) in [7, 11) is 0. The molecule has 2 aromatic rings. The highest BCUT2D eigenvalue weighted by Crippen LogP contribution is 2.30. The summed E-state index contributed by atoms with van der Waals surface area (Å²) in [6, 6.07) is 8.09. The first-order valence-electron chi connectivity index (χ1n) is 8.25. The number of hydrogen-bond donors (Lipinski definition) is 1. The molecule has 0 saturated carbocycles. The van der Waals surface area contributed by atoms with E-state index in [9.17, 15) is 4.79 Å². The SMILES string of the molecule is O=C(c1c2c(nc3ccccc13)CCCC2)N1CCNCC1. The van der Waals surface area contributed by atoms with Gasteiger partial charge in [0.05, 0.1) is 11.1 Å². The Balaban J connectivity index is 1.88. The summed E-state index contributed by atoms with van der Waals surface area (Å²) >= 11 is 0. The number of piperazine rings is 1. The molecular formula is C18H21N3O. The van der Waals surface area contributed by atoms with Crippen molar-refractivity contribution in [1.29, 1.82) is 0 Å². The largest absolute Gasteiger partial charge is 0.336 e. The molecule has 1 N–H and O–H groups in total. The van der Waals surface area contributed by atoms with Crippen molar-refractivity contribution < 1.29 is 4.79 Å². The van der Waals surface area contributed by atoms with Crippen LogP contribution in [0.2, 0.25) is 0 Å². The van der Waals surface area contributed by atoms with E-state index in [2.05, 4.69) is 5.32 Å². The quantitative estimate of drug-likeness (QED) is 0.877. The molecule has 0 atom stereocenters. The second-order valence-electron chi connectivity index (χ2n) is 6.18. The lowest BCUT2D eigenvalue weighted by Gasteiger charge is -2.29. The number of aromatic nitrogens is 1. The van der Waals surface area contributed by atoms with Gasteiger partial charge >= 0.3 is 0 Å². The molecule has 0 spiro atoms. The van der Waals surface area contributed by atoms with Crippen LogP contribution in [-0.2, 0) is 12.8 Å². The normalized spacial score (nSPS) is 18.3. The second kappa shape index (κ2) is 5.69. The Morgan fingerprint density at radius 1 is 1.09 bits per heavy atom. The van der Waals surface area contributed by atoms with E-state index in [-0.39, 0.29) is 5.91 Å². The van der Waals surface area contributed by atoms with E-state index in [1.165, 1.54) is 12.0 Å². The van der Waals surface area contributed by atoms with E-state index in [4.69, 9.17) is 4.98 Å². The number of hydrogen-bond acceptors (Lipinski definition) is 3. The molecule has 1 fully saturated rings. The molecule has 1 aromatic heterocycles. The molecule has 4 heteroatoms. The molecule has 1 saturated heterocycles. The molecule has 22 heavy (non-hydrogen) atoms. The van der Waals surface area contributed by atoms with Gasteiger partial charge in [-0.15, -0.1) is 0 Å². The first kappa shape index (κ1) is 13.7. The summed E-state index contributed by atoms with van der Waals surface area (Å²) in [6.45, 7) is 3.36. The topological polar surface area (TPSA) is 45.2 Å². The van der Waals surface area contributed by atoms with Crippen LogP contribution < -0.4 is 5.32 Å². The minimum Gasteiger partial charge on any atom is -0.336 e. The Hall–Kier alpha value is -1.94. The molecule has 1 aromatic carbocycles. The minimum atomic E-state index is 0.193. The molecule has 4 rings (SSSR count). The molecule has 2 heterocycles. The first-order chi connectivity index (χ1) is 10.8. The van der Waals surface area contributed by atoms with Crippen LogP contribution in [0.1, 0.15) is 34.5 Å². The van der Waals surface area contributed by atoms with Crippen molar-refractivity contribution in [3.05, 3.63) is 41.1 Å². The van der Waals surface area contributed by atoms with Crippen molar-refractivity contribution in [2.75, 3.05) is 26.2 Å². The number of fused-ring (bicyclic) bond motifs is 2. The summed E-state index contributed by atoms with van der Waals surface area (Å²) < 4.78 is 0. The predicted molar refractivity (Wildman–Crippen MR) is 87.2 cm³/mol. The Bertz CT molecular complexity index is 720. The van der Waals surface area contributed by atoms with E-state index >= 15 is 0 Å². The number of benzene rings is 1. The molecule has 114 valence electrons. The lowest BCUT2D eigenvalue weighted by Crippen LogP contribution is -2.46. The van der Waals surface area contributed by atoms with Crippen LogP contribution in [0, 0.1) is 0 Å². The zero-order valence-electron chi connectivity index (χ0n) is 12.8. The third-order valence-corrected chi connectivity index (χ3v) is 4.79. The summed E-state index contributed by atoms with van der Waals surface area (Å²) in [5.74, 6) is 0.193. The van der Waals surface area contributed by atoms with Crippen LogP contribution in [-0.4, -0.2) is 42.0 Å². The van der Waals surface area contributed by atoms with E-state index in [0.717, 1.165) is 67.6 Å². The number of carbonyl (C=O) groups excluding carboxylic acids is 1. The fourth-order valence-electron chi connectivity index (χ4n) is 3.64. The van der Waals surface area contributed by atoms with Gasteiger partial charge in [-0.2, -0.15) is 0 Å². The van der Waals surface area contributed by atoms with Crippen LogP contribution >= 0.6 is 0 Å². The van der Waals surface area contributed by atoms with Gasteiger partial charge in [0.15, 0.2) is 0 Å². The van der Waals surface area contributed by atoms with Gasteiger partial charge in [0, 0.05) is 37.3 Å². The zero-order valence-corrected chi connectivity index (χ0v) is 12.8. The minimum absolute atomic E-state index is 0.193. The number of aryl methyl sites for hydroxylation is 1. The Morgan fingerprint density at radius 2 is 1.86 bits per heavy atom. The number of carbonyl (C=O) groups is 1. The number of nitrogens with one attached hydrogen (secondary N) is 1. The van der Waals surface area contributed by atoms with Gasteiger partial charge in [0.25, 0.3) is 5.91 Å². The molecule has 0 bridgehead atoms. The van der Waals surface area contributed by atoms with Crippen LogP contribution in [0.15, 0.2) is 24.3 Å². The Labute approximate surface area is 130 Å². The smallest absolute Gasteiger partial charge is 0.254 e. The number of rotatable bonds is 1. The van der Waals surface area contributed by atoms with Gasteiger partial charge in [0.2, 0.25) is 0 Å². The number of nitrogens with zero attached hydrogens (tertiary/aromatic N) is 2. The standard InChI is InChI=1S/C18H21N3O/c22-18(21-11-9-19-10-12-21)17-13-5-1-3-7-15(13)20-16-8-4-2-6-14(16)17/h1,3,5,7,19H,2,4,6,8-12H2. The number of amides is 1. The molecule has 1 aliphatic carbocycles. The Morgan fingerprint density at radius 3 is 2.73 bits per heavy atom. The lowest BCUT2D eigenvalue weighted by atomic mass is 9.89. The summed E-state index contributed by atoms with van der Waals surface area (Å²) in [4.78, 5) is 20.0. The van der Waals surface area contributed by atoms with E-state index in [1.807, 2.05) is 29.2 Å². The van der Waals surface area contributed by atoms with Gasteiger partial charge in [-0.05, 0) is 37.3 Å². The number of pyridine rings is 1. The zero-order chi connectivity index (χ0) is 14.9. The van der Waals surface area contributed by atoms with Gasteiger partial charge in [-0.1, -0.05) is 18.2 Å². The lowest BCUT2D eigenvalue weighted by molar-refractivity contribution is 0.0736. The third-order valence-electron chi connectivity index (χ3n) is 4.79. The average Bonchev–Trinajstić information content (AvgIpc) is 2.60. The summed E-state index contributed by atoms with van der Waals surface area (Å²) in [5.41, 5.74) is 4.22. The van der Waals surface area contributed by atoms with Crippen molar-refractivity contribution in [2.24, 2.45) is 0 Å². The first-order valence-corrected chi connectivity index (χ1v) is 8.25. The third kappa shape index (κ3) is 2.28. The summed E-state index contributed by atoms with van der Waals surface area (Å²) in [5, 5.41) is 4.33. The van der Waals surface area contributed by atoms with Crippen LogP contribution in [0.4, 0.5) is 0 Å². The maximum atomic E-state index is 13.2. The van der Waals surface area contributed by atoms with Crippen molar-refractivity contribution in [2.45, 2.75) is 25.7 Å². The van der Waals surface area contributed by atoms with Crippen molar-refractivity contribution >= 4 is 16.8 Å². The van der Waals surface area contributed by atoms with E-state index < -0.39 is 0 Å². The van der Waals surface area contributed by atoms with Crippen molar-refractivity contribution in [3.8, 4) is 0 Å². The van der Waals surface area contributed by atoms with Gasteiger partial charge in [-0.3, -0.25) is 9.78 Å². The predicted octanol–water partition coefficient (Wildman–Crippen LogP) is 2.16. The maximum absolute atomic E-state index is 13.2. The number of para-hydroxylation sites is 1. The fourth-order valence-corrected chi connectivity index (χ4v) is 3.64. The maximum Gasteiger partial charge on any atom is 0.254 e. The molecule has 0 unspecified atom stereocenters. The van der Waals surface area contributed by atoms with Crippen LogP contribution in [0.5, 0.6) is 0 Å². The van der Waals surface area contributed by atoms with E-state index in [0.29, 0.717) is 0 Å². The van der Waals surface area contributed by atoms with Crippen molar-refractivity contribution in [1.82, 2.24) is 15.2 Å². The van der Waals surface area contributed by atoms with Crippen LogP contribution in [0.3, 0.4) is 0 Å². The molecule has 1 amide bonds.